The Balaban J connectivity index is 2.20. The van der Waals surface area contributed by atoms with Gasteiger partial charge in [0.05, 0.1) is 10.3 Å². The standard InChI is InChI=1S/C14H18N4O3S/c1-7-9-12(22-10(7)11(15)19)16-14(21)18(13(9)20)8-3-5-17(2)6-4-8/h8H,3-6H2,1-2H3,(H2,15,19)(H,16,21). The normalized spacial score (nSPS) is 17.2. The zero-order valence-electron chi connectivity index (χ0n) is 12.5. The summed E-state index contributed by atoms with van der Waals surface area (Å²) in [6.45, 7) is 3.39. The van der Waals surface area contributed by atoms with Crippen molar-refractivity contribution in [3.63, 3.8) is 0 Å². The molecule has 0 bridgehead atoms. The van der Waals surface area contributed by atoms with Crippen molar-refractivity contribution in [1.82, 2.24) is 14.5 Å². The smallest absolute Gasteiger partial charge is 0.329 e. The van der Waals surface area contributed by atoms with E-state index in [0.717, 1.165) is 37.3 Å². The van der Waals surface area contributed by atoms with Gasteiger partial charge in [-0.3, -0.25) is 19.1 Å². The number of carbonyl (C=O) groups excluding carboxylic acids is 1. The monoisotopic (exact) mass is 322 g/mol. The first-order chi connectivity index (χ1) is 10.4. The van der Waals surface area contributed by atoms with Crippen molar-refractivity contribution < 1.29 is 4.79 Å². The maximum Gasteiger partial charge on any atom is 0.329 e. The van der Waals surface area contributed by atoms with Crippen LogP contribution in [0.25, 0.3) is 10.2 Å². The van der Waals surface area contributed by atoms with Crippen molar-refractivity contribution in [3.05, 3.63) is 31.3 Å². The number of nitrogens with zero attached hydrogens (tertiary/aromatic N) is 2. The molecule has 3 rings (SSSR count). The number of thiophene rings is 1. The number of aryl methyl sites for hydroxylation is 1. The van der Waals surface area contributed by atoms with Crippen molar-refractivity contribution in [2.75, 3.05) is 20.1 Å². The Morgan fingerprint density at radius 3 is 2.55 bits per heavy atom. The molecule has 22 heavy (non-hydrogen) atoms. The lowest BCUT2D eigenvalue weighted by molar-refractivity contribution is 0.100. The van der Waals surface area contributed by atoms with E-state index in [0.29, 0.717) is 20.7 Å². The van der Waals surface area contributed by atoms with Crippen LogP contribution in [0.1, 0.15) is 34.1 Å². The Morgan fingerprint density at radius 1 is 1.32 bits per heavy atom. The summed E-state index contributed by atoms with van der Waals surface area (Å²) >= 11 is 1.06. The summed E-state index contributed by atoms with van der Waals surface area (Å²) in [7, 11) is 2.02. The molecule has 0 saturated carbocycles. The molecular weight excluding hydrogens is 304 g/mol. The summed E-state index contributed by atoms with van der Waals surface area (Å²) in [4.78, 5) is 42.2. The highest BCUT2D eigenvalue weighted by atomic mass is 32.1. The van der Waals surface area contributed by atoms with Gasteiger partial charge in [0.25, 0.3) is 11.5 Å². The number of piperidine rings is 1. The molecule has 1 aliphatic rings. The topological polar surface area (TPSA) is 101 Å². The third kappa shape index (κ3) is 2.28. The van der Waals surface area contributed by atoms with E-state index in [-0.39, 0.29) is 11.6 Å². The number of nitrogens with two attached hydrogens (primary N) is 1. The van der Waals surface area contributed by atoms with Gasteiger partial charge in [-0.05, 0) is 45.5 Å². The van der Waals surface area contributed by atoms with Crippen LogP contribution >= 0.6 is 11.3 Å². The molecule has 0 unspecified atom stereocenters. The number of aromatic nitrogens is 2. The van der Waals surface area contributed by atoms with Gasteiger partial charge in [-0.15, -0.1) is 11.3 Å². The molecule has 1 aliphatic heterocycles. The van der Waals surface area contributed by atoms with Gasteiger partial charge >= 0.3 is 5.69 Å². The van der Waals surface area contributed by atoms with Gasteiger partial charge in [0.2, 0.25) is 0 Å². The fourth-order valence-electron chi connectivity index (χ4n) is 3.05. The highest BCUT2D eigenvalue weighted by Gasteiger charge is 2.24. The van der Waals surface area contributed by atoms with Crippen molar-refractivity contribution in [1.29, 1.82) is 0 Å². The minimum Gasteiger partial charge on any atom is -0.365 e. The molecule has 2 aromatic rings. The van der Waals surface area contributed by atoms with E-state index in [1.54, 1.807) is 6.92 Å². The fourth-order valence-corrected chi connectivity index (χ4v) is 4.09. The highest BCUT2D eigenvalue weighted by molar-refractivity contribution is 7.20. The van der Waals surface area contributed by atoms with Crippen LogP contribution in [0.15, 0.2) is 9.59 Å². The van der Waals surface area contributed by atoms with Crippen LogP contribution in [-0.2, 0) is 0 Å². The lowest BCUT2D eigenvalue weighted by atomic mass is 10.1. The Kier molecular flexibility index (Phi) is 3.65. The molecule has 8 heteroatoms. The maximum atomic E-state index is 12.8. The molecule has 0 radical (unpaired) electrons. The molecule has 3 N–H and O–H groups in total. The zero-order valence-corrected chi connectivity index (χ0v) is 13.3. The van der Waals surface area contributed by atoms with Gasteiger partial charge in [-0.1, -0.05) is 0 Å². The molecule has 3 heterocycles. The number of rotatable bonds is 2. The van der Waals surface area contributed by atoms with Crippen molar-refractivity contribution in [2.45, 2.75) is 25.8 Å². The Hall–Kier alpha value is -1.93. The summed E-state index contributed by atoms with van der Waals surface area (Å²) in [5.41, 5.74) is 5.14. The number of likely N-dealkylation sites (tertiary alicyclic amines) is 1. The number of nitrogens with one attached hydrogen (secondary N) is 1. The predicted molar refractivity (Wildman–Crippen MR) is 85.7 cm³/mol. The molecule has 1 saturated heterocycles. The van der Waals surface area contributed by atoms with E-state index in [1.807, 2.05) is 7.05 Å². The van der Waals surface area contributed by atoms with Gasteiger partial charge in [0.1, 0.15) is 4.83 Å². The number of carbonyl (C=O) groups is 1. The molecule has 2 aromatic heterocycles. The average Bonchev–Trinajstić information content (AvgIpc) is 2.78. The second kappa shape index (κ2) is 5.36. The van der Waals surface area contributed by atoms with Crippen molar-refractivity contribution in [2.24, 2.45) is 5.73 Å². The van der Waals surface area contributed by atoms with Crippen LogP contribution in [0.4, 0.5) is 0 Å². The summed E-state index contributed by atoms with van der Waals surface area (Å²) in [6, 6.07) is -0.104. The first-order valence-electron chi connectivity index (χ1n) is 7.16. The molecule has 0 atom stereocenters. The second-order valence-electron chi connectivity index (χ2n) is 5.76. The second-order valence-corrected chi connectivity index (χ2v) is 6.78. The van der Waals surface area contributed by atoms with Crippen LogP contribution in [-0.4, -0.2) is 40.5 Å². The number of fused-ring (bicyclic) bond motifs is 1. The largest absolute Gasteiger partial charge is 0.365 e. The Bertz CT molecular complexity index is 855. The Labute approximate surface area is 130 Å². The SMILES string of the molecule is Cc1c(C(N)=O)sc2[nH]c(=O)n(C3CCN(C)CC3)c(=O)c12. The van der Waals surface area contributed by atoms with Gasteiger partial charge in [0.15, 0.2) is 0 Å². The van der Waals surface area contributed by atoms with Crippen molar-refractivity contribution in [3.8, 4) is 0 Å². The Morgan fingerprint density at radius 2 is 1.95 bits per heavy atom. The van der Waals surface area contributed by atoms with E-state index in [2.05, 4.69) is 9.88 Å². The third-order valence-electron chi connectivity index (χ3n) is 4.30. The fraction of sp³-hybridized carbons (Fsp3) is 0.500. The lowest BCUT2D eigenvalue weighted by Gasteiger charge is -2.29. The predicted octanol–water partition coefficient (Wildman–Crippen LogP) is 0.425. The first kappa shape index (κ1) is 15.0. The first-order valence-corrected chi connectivity index (χ1v) is 7.98. The highest BCUT2D eigenvalue weighted by Crippen LogP contribution is 2.26. The summed E-state index contributed by atoms with van der Waals surface area (Å²) in [6.07, 6.45) is 1.52. The van der Waals surface area contributed by atoms with E-state index >= 15 is 0 Å². The van der Waals surface area contributed by atoms with E-state index in [9.17, 15) is 14.4 Å². The average molecular weight is 322 g/mol. The van der Waals surface area contributed by atoms with E-state index in [4.69, 9.17) is 5.73 Å². The molecule has 0 spiro atoms. The summed E-state index contributed by atoms with van der Waals surface area (Å²) < 4.78 is 1.31. The summed E-state index contributed by atoms with van der Waals surface area (Å²) in [5.74, 6) is -0.579. The molecule has 7 nitrogen and oxygen atoms in total. The number of aromatic amines is 1. The van der Waals surface area contributed by atoms with Gasteiger partial charge in [-0.25, -0.2) is 4.79 Å². The summed E-state index contributed by atoms with van der Waals surface area (Å²) in [5, 5.41) is 0.400. The van der Waals surface area contributed by atoms with Gasteiger partial charge < -0.3 is 10.6 Å². The maximum absolute atomic E-state index is 12.8. The van der Waals surface area contributed by atoms with Crippen LogP contribution in [0.3, 0.4) is 0 Å². The van der Waals surface area contributed by atoms with Crippen LogP contribution in [0.5, 0.6) is 0 Å². The van der Waals surface area contributed by atoms with Crippen LogP contribution in [0.2, 0.25) is 0 Å². The third-order valence-corrected chi connectivity index (χ3v) is 5.52. The van der Waals surface area contributed by atoms with E-state index in [1.165, 1.54) is 4.57 Å². The number of H-pyrrole nitrogens is 1. The lowest BCUT2D eigenvalue weighted by Crippen LogP contribution is -2.42. The number of hydrogen-bond donors (Lipinski definition) is 2. The number of hydrogen-bond acceptors (Lipinski definition) is 5. The van der Waals surface area contributed by atoms with E-state index < -0.39 is 11.6 Å². The molecule has 0 aromatic carbocycles. The zero-order chi connectivity index (χ0) is 16.0. The number of amides is 1. The molecule has 1 amide bonds. The van der Waals surface area contributed by atoms with Gasteiger partial charge in [0, 0.05) is 6.04 Å². The quantitative estimate of drug-likeness (QED) is 0.837. The minimum atomic E-state index is -0.579. The van der Waals surface area contributed by atoms with Crippen LogP contribution < -0.4 is 17.0 Å². The van der Waals surface area contributed by atoms with Crippen molar-refractivity contribution >= 4 is 27.5 Å². The number of primary amides is 1. The minimum absolute atomic E-state index is 0.104. The molecular formula is C14H18N4O3S. The van der Waals surface area contributed by atoms with Crippen LogP contribution in [0, 0.1) is 6.92 Å². The molecule has 0 aliphatic carbocycles. The molecule has 1 fully saturated rings. The molecule has 118 valence electrons. The van der Waals surface area contributed by atoms with Gasteiger partial charge in [-0.2, -0.15) is 0 Å².